The fourth-order valence-corrected chi connectivity index (χ4v) is 0.500. The van der Waals surface area contributed by atoms with Crippen LogP contribution >= 0.6 is 0 Å². The van der Waals surface area contributed by atoms with E-state index in [-0.39, 0.29) is 5.91 Å². The van der Waals surface area contributed by atoms with Crippen LogP contribution in [0.1, 0.15) is 6.42 Å². The maximum absolute atomic E-state index is 10.9. The number of allylic oxidation sites excluding steroid dienone is 3. The van der Waals surface area contributed by atoms with E-state index >= 15 is 0 Å². The lowest BCUT2D eigenvalue weighted by Crippen LogP contribution is -2.18. The summed E-state index contributed by atoms with van der Waals surface area (Å²) in [6.45, 7) is 0. The number of rotatable bonds is 4. The molecule has 0 heterocycles. The minimum atomic E-state index is -0.0641. The molecule has 0 saturated carbocycles. The van der Waals surface area contributed by atoms with E-state index in [1.54, 1.807) is 32.3 Å². The van der Waals surface area contributed by atoms with Gasteiger partial charge in [0.05, 0.1) is 0 Å². The summed E-state index contributed by atoms with van der Waals surface area (Å²) in [7, 11) is 3.36. The van der Waals surface area contributed by atoms with Gasteiger partial charge in [-0.25, -0.2) is 0 Å². The summed E-state index contributed by atoms with van der Waals surface area (Å²) in [6.07, 6.45) is 7.62. The monoisotopic (exact) mass is 167 g/mol. The minimum Gasteiger partial charge on any atom is -0.345 e. The molecule has 3 nitrogen and oxygen atoms in total. The van der Waals surface area contributed by atoms with E-state index in [1.807, 2.05) is 0 Å². The fraction of sp³-hybridized carbons (Fsp3) is 0.333. The predicted octanol–water partition coefficient (Wildman–Crippen LogP) is 0.776. The largest absolute Gasteiger partial charge is 0.345 e. The number of hydrogen-bond donors (Lipinski definition) is 0. The molecule has 0 unspecified atom stereocenters. The van der Waals surface area contributed by atoms with Crippen molar-refractivity contribution in [2.75, 3.05) is 14.1 Å². The van der Waals surface area contributed by atoms with Gasteiger partial charge >= 0.3 is 0 Å². The first-order valence-corrected chi connectivity index (χ1v) is 3.66. The summed E-state index contributed by atoms with van der Waals surface area (Å²) in [6, 6.07) is 0. The fourth-order valence-electron chi connectivity index (χ4n) is 0.500. The number of hydrogen-bond acceptors (Lipinski definition) is 2. The van der Waals surface area contributed by atoms with Gasteiger partial charge < -0.3 is 9.69 Å². The van der Waals surface area contributed by atoms with Gasteiger partial charge in [0.15, 0.2) is 0 Å². The van der Waals surface area contributed by atoms with E-state index in [2.05, 4.69) is 0 Å². The van der Waals surface area contributed by atoms with Crippen LogP contribution in [0.2, 0.25) is 0 Å². The molecule has 0 aliphatic rings. The molecule has 0 saturated heterocycles. The zero-order valence-electron chi connectivity index (χ0n) is 7.36. The topological polar surface area (TPSA) is 37.4 Å². The quantitative estimate of drug-likeness (QED) is 0.352. The van der Waals surface area contributed by atoms with Crippen LogP contribution in [0, 0.1) is 0 Å². The van der Waals surface area contributed by atoms with E-state index in [4.69, 9.17) is 0 Å². The van der Waals surface area contributed by atoms with E-state index in [0.29, 0.717) is 6.42 Å². The standard InChI is InChI=1S/C9H13NO2/c1-10(2)9(12)7-5-3-4-6-8-11/h3-5,7-8H,6H2,1-2H3. The van der Waals surface area contributed by atoms with Gasteiger partial charge in [0, 0.05) is 26.6 Å². The molecule has 0 aromatic rings. The van der Waals surface area contributed by atoms with Gasteiger partial charge in [-0.3, -0.25) is 4.79 Å². The zero-order chi connectivity index (χ0) is 9.40. The average Bonchev–Trinajstić information content (AvgIpc) is 2.03. The smallest absolute Gasteiger partial charge is 0.246 e. The Morgan fingerprint density at radius 1 is 1.33 bits per heavy atom. The molecule has 0 atom stereocenters. The Morgan fingerprint density at radius 3 is 2.50 bits per heavy atom. The van der Waals surface area contributed by atoms with Crippen LogP contribution in [0.15, 0.2) is 24.3 Å². The second-order valence-electron chi connectivity index (χ2n) is 2.42. The Kier molecular flexibility index (Phi) is 5.61. The zero-order valence-corrected chi connectivity index (χ0v) is 7.36. The Morgan fingerprint density at radius 2 is 2.00 bits per heavy atom. The highest BCUT2D eigenvalue weighted by Gasteiger charge is 1.93. The molecule has 1 amide bonds. The molecule has 0 spiro atoms. The first kappa shape index (κ1) is 10.6. The predicted molar refractivity (Wildman–Crippen MR) is 47.7 cm³/mol. The number of carbonyl (C=O) groups is 2. The maximum Gasteiger partial charge on any atom is 0.246 e. The van der Waals surface area contributed by atoms with Crippen LogP contribution in [0.25, 0.3) is 0 Å². The van der Waals surface area contributed by atoms with Crippen molar-refractivity contribution >= 4 is 12.2 Å². The molecular weight excluding hydrogens is 154 g/mol. The normalized spacial score (nSPS) is 10.8. The highest BCUT2D eigenvalue weighted by Crippen LogP contribution is 1.84. The molecule has 0 aliphatic carbocycles. The van der Waals surface area contributed by atoms with Crippen LogP contribution in [0.5, 0.6) is 0 Å². The summed E-state index contributed by atoms with van der Waals surface area (Å²) < 4.78 is 0. The highest BCUT2D eigenvalue weighted by molar-refractivity contribution is 5.87. The van der Waals surface area contributed by atoms with Gasteiger partial charge in [-0.15, -0.1) is 0 Å². The van der Waals surface area contributed by atoms with Crippen molar-refractivity contribution in [3.05, 3.63) is 24.3 Å². The second-order valence-corrected chi connectivity index (χ2v) is 2.42. The van der Waals surface area contributed by atoms with E-state index < -0.39 is 0 Å². The minimum absolute atomic E-state index is 0.0641. The van der Waals surface area contributed by atoms with Crippen LogP contribution in [0.3, 0.4) is 0 Å². The van der Waals surface area contributed by atoms with E-state index in [9.17, 15) is 9.59 Å². The van der Waals surface area contributed by atoms with Gasteiger partial charge in [-0.05, 0) is 0 Å². The second kappa shape index (κ2) is 6.34. The van der Waals surface area contributed by atoms with Crippen LogP contribution in [-0.4, -0.2) is 31.2 Å². The van der Waals surface area contributed by atoms with Gasteiger partial charge in [-0.2, -0.15) is 0 Å². The molecule has 0 aliphatic heterocycles. The number of aldehydes is 1. The lowest BCUT2D eigenvalue weighted by atomic mass is 10.3. The summed E-state index contributed by atoms with van der Waals surface area (Å²) in [5.41, 5.74) is 0. The molecule has 66 valence electrons. The molecule has 0 aromatic heterocycles. The third-order valence-electron chi connectivity index (χ3n) is 1.16. The van der Waals surface area contributed by atoms with E-state index in [1.165, 1.54) is 11.0 Å². The number of amides is 1. The molecule has 0 N–H and O–H groups in total. The van der Waals surface area contributed by atoms with Crippen molar-refractivity contribution in [1.29, 1.82) is 0 Å². The summed E-state index contributed by atoms with van der Waals surface area (Å²) in [5.74, 6) is -0.0641. The number of carbonyl (C=O) groups excluding carboxylic acids is 2. The lowest BCUT2D eigenvalue weighted by molar-refractivity contribution is -0.123. The molecule has 0 rings (SSSR count). The van der Waals surface area contributed by atoms with Crippen LogP contribution in [-0.2, 0) is 9.59 Å². The highest BCUT2D eigenvalue weighted by atomic mass is 16.2. The summed E-state index contributed by atoms with van der Waals surface area (Å²) >= 11 is 0. The van der Waals surface area contributed by atoms with Crippen molar-refractivity contribution in [1.82, 2.24) is 4.90 Å². The Hall–Kier alpha value is -1.38. The molecule has 12 heavy (non-hydrogen) atoms. The summed E-state index contributed by atoms with van der Waals surface area (Å²) in [5, 5.41) is 0. The van der Waals surface area contributed by atoms with Crippen molar-refractivity contribution in [3.8, 4) is 0 Å². The Bertz CT molecular complexity index is 205. The Labute approximate surface area is 72.4 Å². The van der Waals surface area contributed by atoms with Crippen molar-refractivity contribution in [2.45, 2.75) is 6.42 Å². The van der Waals surface area contributed by atoms with E-state index in [0.717, 1.165) is 6.29 Å². The number of likely N-dealkylation sites (N-methyl/N-ethyl adjacent to an activating group) is 1. The first-order chi connectivity index (χ1) is 5.68. The molecular formula is C9H13NO2. The van der Waals surface area contributed by atoms with Gasteiger partial charge in [0.25, 0.3) is 0 Å². The van der Waals surface area contributed by atoms with Gasteiger partial charge in [-0.1, -0.05) is 18.2 Å². The molecule has 0 bridgehead atoms. The van der Waals surface area contributed by atoms with Gasteiger partial charge in [0.1, 0.15) is 6.29 Å². The molecule has 0 radical (unpaired) electrons. The summed E-state index contributed by atoms with van der Waals surface area (Å²) in [4.78, 5) is 22.2. The van der Waals surface area contributed by atoms with Crippen LogP contribution < -0.4 is 0 Å². The maximum atomic E-state index is 10.9. The third-order valence-corrected chi connectivity index (χ3v) is 1.16. The third kappa shape index (κ3) is 5.41. The molecule has 3 heteroatoms. The van der Waals surface area contributed by atoms with Crippen molar-refractivity contribution in [2.24, 2.45) is 0 Å². The molecule has 0 aromatic carbocycles. The van der Waals surface area contributed by atoms with Crippen molar-refractivity contribution in [3.63, 3.8) is 0 Å². The van der Waals surface area contributed by atoms with Gasteiger partial charge in [0.2, 0.25) is 5.91 Å². The average molecular weight is 167 g/mol. The van der Waals surface area contributed by atoms with Crippen molar-refractivity contribution < 1.29 is 9.59 Å². The van der Waals surface area contributed by atoms with Crippen LogP contribution in [0.4, 0.5) is 0 Å². The Balaban J connectivity index is 3.75. The number of nitrogens with zero attached hydrogens (tertiary/aromatic N) is 1. The molecule has 0 fully saturated rings. The first-order valence-electron chi connectivity index (χ1n) is 3.66. The lowest BCUT2D eigenvalue weighted by Gasteiger charge is -2.04. The SMILES string of the molecule is CN(C)C(=O)C=CC=CCC=O.